The molecule has 2 heterocycles. The van der Waals surface area contributed by atoms with Crippen LogP contribution in [-0.4, -0.2) is 35.5 Å². The van der Waals surface area contributed by atoms with Crippen LogP contribution in [0.2, 0.25) is 0 Å². The van der Waals surface area contributed by atoms with Gasteiger partial charge in [0.25, 0.3) is 0 Å². The Hall–Kier alpha value is -2.60. The smallest absolute Gasteiger partial charge is 0.625 e. The number of nitrogens with zero attached hydrogens (tertiary/aromatic N) is 1. The molecule has 4 rings (SSSR count). The maximum atomic E-state index is 11.3. The minimum absolute atomic E-state index is 0.237. The lowest BCUT2D eigenvalue weighted by Crippen LogP contribution is -2.63. The molecule has 5 nitrogen and oxygen atoms in total. The molecule has 0 aliphatic carbocycles. The van der Waals surface area contributed by atoms with Crippen molar-refractivity contribution in [2.75, 3.05) is 7.05 Å². The molecular formula is C16H14BNO4. The standard InChI is InChI=1S/C16H14BNO4/c1-18-9-12-4-2-3-5-15(12)22-17(18)14-8-11(16(19)20)6-7-13(14)10-21-17/h2-9H,10H2,1H3,(H,19,20). The zero-order valence-electron chi connectivity index (χ0n) is 12.0. The summed E-state index contributed by atoms with van der Waals surface area (Å²) in [7, 11) is 1.89. The van der Waals surface area contributed by atoms with Gasteiger partial charge < -0.3 is 18.9 Å². The lowest BCUT2D eigenvalue weighted by atomic mass is 9.62. The normalized spacial score (nSPS) is 21.8. The molecular weight excluding hydrogens is 281 g/mol. The van der Waals surface area contributed by atoms with Crippen molar-refractivity contribution in [3.63, 3.8) is 0 Å². The van der Waals surface area contributed by atoms with E-state index in [4.69, 9.17) is 9.31 Å². The molecule has 2 aliphatic rings. The summed E-state index contributed by atoms with van der Waals surface area (Å²) < 4.78 is 14.1. The Bertz CT molecular complexity index is 833. The molecule has 1 unspecified atom stereocenters. The van der Waals surface area contributed by atoms with Crippen LogP contribution in [0.5, 0.6) is 5.75 Å². The van der Waals surface area contributed by atoms with Crippen molar-refractivity contribution in [1.82, 2.24) is 0 Å². The minimum Gasteiger partial charge on any atom is -0.630 e. The van der Waals surface area contributed by atoms with Crippen LogP contribution < -0.4 is 10.1 Å². The summed E-state index contributed by atoms with van der Waals surface area (Å²) in [5.74, 6) is -0.210. The Labute approximate surface area is 127 Å². The van der Waals surface area contributed by atoms with Gasteiger partial charge in [0.1, 0.15) is 6.21 Å². The topological polar surface area (TPSA) is 58.8 Å². The molecule has 0 fully saturated rings. The quantitative estimate of drug-likeness (QED) is 0.804. The fraction of sp³-hybridized carbons (Fsp3) is 0.125. The van der Waals surface area contributed by atoms with Crippen LogP contribution in [0.4, 0.5) is 0 Å². The Kier molecular flexibility index (Phi) is 2.65. The van der Waals surface area contributed by atoms with Crippen LogP contribution in [-0.2, 0) is 11.3 Å². The van der Waals surface area contributed by atoms with Gasteiger partial charge >= 0.3 is 12.7 Å². The Morgan fingerprint density at radius 1 is 1.27 bits per heavy atom. The number of para-hydroxylation sites is 1. The van der Waals surface area contributed by atoms with Crippen molar-refractivity contribution < 1.29 is 23.7 Å². The van der Waals surface area contributed by atoms with E-state index in [1.807, 2.05) is 42.0 Å². The third kappa shape index (κ3) is 1.71. The highest BCUT2D eigenvalue weighted by atomic mass is 16.6. The van der Waals surface area contributed by atoms with Gasteiger partial charge in [-0.05, 0) is 29.2 Å². The molecule has 0 bridgehead atoms. The number of carbonyl (C=O) groups is 1. The van der Waals surface area contributed by atoms with E-state index in [-0.39, 0.29) is 5.56 Å². The Balaban J connectivity index is 1.89. The highest BCUT2D eigenvalue weighted by Crippen LogP contribution is 2.29. The number of aromatic carboxylic acids is 1. The second kappa shape index (κ2) is 4.45. The summed E-state index contributed by atoms with van der Waals surface area (Å²) in [5, 5.41) is 9.23. The first kappa shape index (κ1) is 13.1. The van der Waals surface area contributed by atoms with Gasteiger partial charge in [-0.2, -0.15) is 0 Å². The van der Waals surface area contributed by atoms with Crippen molar-refractivity contribution in [1.29, 1.82) is 0 Å². The zero-order chi connectivity index (χ0) is 15.3. The number of benzene rings is 2. The monoisotopic (exact) mass is 295 g/mol. The van der Waals surface area contributed by atoms with Crippen LogP contribution in [0.1, 0.15) is 21.5 Å². The molecule has 1 N–H and O–H groups in total. The van der Waals surface area contributed by atoms with E-state index in [2.05, 4.69) is 0 Å². The van der Waals surface area contributed by atoms with Crippen molar-refractivity contribution in [2.45, 2.75) is 6.61 Å². The summed E-state index contributed by atoms with van der Waals surface area (Å²) >= 11 is 0. The van der Waals surface area contributed by atoms with Crippen LogP contribution >= 0.6 is 0 Å². The average Bonchev–Trinajstić information content (AvgIpc) is 2.87. The predicted molar refractivity (Wildman–Crippen MR) is 82.0 cm³/mol. The van der Waals surface area contributed by atoms with Crippen LogP contribution in [0.25, 0.3) is 0 Å². The lowest BCUT2D eigenvalue weighted by Gasteiger charge is -2.36. The molecule has 22 heavy (non-hydrogen) atoms. The van der Waals surface area contributed by atoms with Crippen LogP contribution in [0.15, 0.2) is 42.5 Å². The first-order chi connectivity index (χ1) is 10.6. The van der Waals surface area contributed by atoms with E-state index in [9.17, 15) is 9.90 Å². The summed E-state index contributed by atoms with van der Waals surface area (Å²) in [6.45, 7) is -1.48. The van der Waals surface area contributed by atoms with Crippen molar-refractivity contribution in [3.8, 4) is 5.75 Å². The third-order valence-electron chi connectivity index (χ3n) is 4.34. The predicted octanol–water partition coefficient (Wildman–Crippen LogP) is 1.21. The van der Waals surface area contributed by atoms with Crippen LogP contribution in [0, 0.1) is 0 Å². The highest BCUT2D eigenvalue weighted by molar-refractivity contribution is 6.76. The Morgan fingerprint density at radius 3 is 2.91 bits per heavy atom. The van der Waals surface area contributed by atoms with Gasteiger partial charge in [0.15, 0.2) is 0 Å². The molecule has 1 spiro atoms. The second-order valence-corrected chi connectivity index (χ2v) is 5.65. The maximum absolute atomic E-state index is 11.3. The highest BCUT2D eigenvalue weighted by Gasteiger charge is 2.52. The minimum atomic E-state index is -1.89. The van der Waals surface area contributed by atoms with Crippen molar-refractivity contribution >= 4 is 24.3 Å². The first-order valence-electron chi connectivity index (χ1n) is 7.10. The van der Waals surface area contributed by atoms with Gasteiger partial charge in [-0.1, -0.05) is 24.3 Å². The average molecular weight is 295 g/mol. The fourth-order valence-electron chi connectivity index (χ4n) is 3.19. The molecule has 0 saturated carbocycles. The van der Waals surface area contributed by atoms with Gasteiger partial charge in [0, 0.05) is 6.61 Å². The molecule has 2 aliphatic heterocycles. The summed E-state index contributed by atoms with van der Waals surface area (Å²) in [4.78, 5) is 11.3. The van der Waals surface area contributed by atoms with Gasteiger partial charge in [-0.3, -0.25) is 0 Å². The molecule has 6 heteroatoms. The zero-order valence-corrected chi connectivity index (χ0v) is 12.0. The number of hydrogen-bond acceptors (Lipinski definition) is 3. The van der Waals surface area contributed by atoms with Gasteiger partial charge in [-0.25, -0.2) is 4.79 Å². The van der Waals surface area contributed by atoms with Crippen LogP contribution in [0.3, 0.4) is 0 Å². The van der Waals surface area contributed by atoms with Gasteiger partial charge in [0.05, 0.1) is 23.9 Å². The summed E-state index contributed by atoms with van der Waals surface area (Å²) in [6.07, 6.45) is 1.97. The van der Waals surface area contributed by atoms with Gasteiger partial charge in [0.2, 0.25) is 0 Å². The Morgan fingerprint density at radius 2 is 2.09 bits per heavy atom. The van der Waals surface area contributed by atoms with E-state index in [0.717, 1.165) is 22.3 Å². The van der Waals surface area contributed by atoms with E-state index in [1.165, 1.54) is 0 Å². The molecule has 110 valence electrons. The maximum Gasteiger partial charge on any atom is 0.625 e. The number of fused-ring (bicyclic) bond motifs is 3. The number of carboxylic acid groups (broad SMARTS) is 1. The largest absolute Gasteiger partial charge is 0.630 e. The molecule has 0 saturated heterocycles. The molecule has 0 aromatic heterocycles. The second-order valence-electron chi connectivity index (χ2n) is 5.65. The molecule has 0 radical (unpaired) electrons. The fourth-order valence-corrected chi connectivity index (χ4v) is 3.19. The van der Waals surface area contributed by atoms with E-state index in [1.54, 1.807) is 18.2 Å². The van der Waals surface area contributed by atoms with E-state index >= 15 is 0 Å². The number of carboxylic acids is 1. The molecule has 1 atom stereocenters. The number of hydrogen-bond donors (Lipinski definition) is 1. The molecule has 2 aromatic rings. The third-order valence-corrected chi connectivity index (χ3v) is 4.34. The summed E-state index contributed by atoms with van der Waals surface area (Å²) in [5.41, 5.74) is 2.98. The SMILES string of the molecule is C[N+]1=Cc2ccccc2O[B-]12OCc1ccc(C(=O)O)cc12. The number of rotatable bonds is 1. The van der Waals surface area contributed by atoms with E-state index in [0.29, 0.717) is 6.61 Å². The summed E-state index contributed by atoms with van der Waals surface area (Å²) in [6, 6.07) is 12.8. The van der Waals surface area contributed by atoms with Crippen molar-refractivity contribution in [3.05, 3.63) is 59.2 Å². The lowest BCUT2D eigenvalue weighted by molar-refractivity contribution is -0.392. The first-order valence-corrected chi connectivity index (χ1v) is 7.10. The molecule has 2 aromatic carbocycles. The van der Waals surface area contributed by atoms with E-state index < -0.39 is 12.7 Å². The molecule has 0 amide bonds. The van der Waals surface area contributed by atoms with Crippen molar-refractivity contribution in [2.24, 2.45) is 0 Å². The van der Waals surface area contributed by atoms with Gasteiger partial charge in [-0.15, -0.1) is 0 Å².